The number of rotatable bonds is 5. The van der Waals surface area contributed by atoms with Crippen LogP contribution in [-0.2, 0) is 5.54 Å². The second-order valence-corrected chi connectivity index (χ2v) is 6.09. The van der Waals surface area contributed by atoms with E-state index in [0.29, 0.717) is 0 Å². The van der Waals surface area contributed by atoms with Crippen LogP contribution in [0.2, 0.25) is 0 Å². The Morgan fingerprint density at radius 2 is 1.74 bits per heavy atom. The summed E-state index contributed by atoms with van der Waals surface area (Å²) in [4.78, 5) is 0. The van der Waals surface area contributed by atoms with Crippen molar-refractivity contribution in [2.45, 2.75) is 51.0 Å². The summed E-state index contributed by atoms with van der Waals surface area (Å²) < 4.78 is 0. The molecule has 0 bridgehead atoms. The van der Waals surface area contributed by atoms with Crippen molar-refractivity contribution in [2.75, 3.05) is 13.2 Å². The highest BCUT2D eigenvalue weighted by Gasteiger charge is 2.26. The van der Waals surface area contributed by atoms with E-state index < -0.39 is 0 Å². The molecule has 1 fully saturated rings. The fraction of sp³-hybridized carbons (Fsp3) is 0.647. The van der Waals surface area contributed by atoms with Gasteiger partial charge in [0.1, 0.15) is 0 Å². The van der Waals surface area contributed by atoms with Crippen molar-refractivity contribution in [3.8, 4) is 0 Å². The van der Waals surface area contributed by atoms with Gasteiger partial charge in [-0.15, -0.1) is 0 Å². The number of aliphatic hydroxyl groups excluding tert-OH is 1. The summed E-state index contributed by atoms with van der Waals surface area (Å²) in [5.74, 6) is 0.775. The van der Waals surface area contributed by atoms with Crippen molar-refractivity contribution in [2.24, 2.45) is 5.92 Å². The fourth-order valence-corrected chi connectivity index (χ4v) is 2.99. The van der Waals surface area contributed by atoms with Gasteiger partial charge in [0.2, 0.25) is 0 Å². The first-order valence-electron chi connectivity index (χ1n) is 7.66. The maximum Gasteiger partial charge on any atom is 0.0652 e. The molecule has 1 aliphatic rings. The van der Waals surface area contributed by atoms with Crippen molar-refractivity contribution >= 4 is 0 Å². The average molecular weight is 261 g/mol. The van der Waals surface area contributed by atoms with Crippen LogP contribution in [-0.4, -0.2) is 18.3 Å². The van der Waals surface area contributed by atoms with Gasteiger partial charge >= 0.3 is 0 Å². The number of aliphatic hydroxyl groups is 1. The molecule has 106 valence electrons. The van der Waals surface area contributed by atoms with Gasteiger partial charge in [-0.05, 0) is 37.8 Å². The van der Waals surface area contributed by atoms with Crippen LogP contribution in [0.4, 0.5) is 0 Å². The molecule has 1 atom stereocenters. The van der Waals surface area contributed by atoms with Crippen LogP contribution in [0.1, 0.15) is 51.0 Å². The number of hydrogen-bond acceptors (Lipinski definition) is 2. The molecule has 0 aromatic heterocycles. The molecule has 1 aromatic carbocycles. The second kappa shape index (κ2) is 7.06. The van der Waals surface area contributed by atoms with Crippen LogP contribution >= 0.6 is 0 Å². The lowest BCUT2D eigenvalue weighted by molar-refractivity contribution is 0.167. The van der Waals surface area contributed by atoms with E-state index in [1.165, 1.54) is 44.1 Å². The lowest BCUT2D eigenvalue weighted by atomic mass is 9.91. The van der Waals surface area contributed by atoms with Crippen molar-refractivity contribution in [1.82, 2.24) is 5.32 Å². The van der Waals surface area contributed by atoms with Gasteiger partial charge in [0, 0.05) is 0 Å². The van der Waals surface area contributed by atoms with E-state index in [1.807, 2.05) is 18.2 Å². The van der Waals surface area contributed by atoms with Crippen LogP contribution in [0.25, 0.3) is 0 Å². The van der Waals surface area contributed by atoms with E-state index in [4.69, 9.17) is 0 Å². The Kier molecular flexibility index (Phi) is 5.41. The summed E-state index contributed by atoms with van der Waals surface area (Å²) in [6.07, 6.45) is 8.20. The molecule has 1 aliphatic carbocycles. The van der Waals surface area contributed by atoms with Crippen LogP contribution in [0.15, 0.2) is 30.3 Å². The van der Waals surface area contributed by atoms with Crippen LogP contribution in [0, 0.1) is 5.92 Å². The topological polar surface area (TPSA) is 32.3 Å². The average Bonchev–Trinajstić information content (AvgIpc) is 2.74. The highest BCUT2D eigenvalue weighted by molar-refractivity contribution is 5.23. The van der Waals surface area contributed by atoms with E-state index in [9.17, 15) is 5.11 Å². The lowest BCUT2D eigenvalue weighted by Gasteiger charge is -2.31. The Morgan fingerprint density at radius 1 is 1.11 bits per heavy atom. The third-order valence-electron chi connectivity index (χ3n) is 4.48. The molecule has 19 heavy (non-hydrogen) atoms. The molecule has 0 heterocycles. The van der Waals surface area contributed by atoms with Crippen molar-refractivity contribution in [3.63, 3.8) is 0 Å². The first-order valence-corrected chi connectivity index (χ1v) is 7.66. The van der Waals surface area contributed by atoms with Crippen LogP contribution < -0.4 is 5.32 Å². The maximum absolute atomic E-state index is 9.76. The minimum Gasteiger partial charge on any atom is -0.394 e. The number of benzene rings is 1. The van der Waals surface area contributed by atoms with Crippen molar-refractivity contribution in [1.29, 1.82) is 0 Å². The van der Waals surface area contributed by atoms with Gasteiger partial charge in [0.05, 0.1) is 12.1 Å². The summed E-state index contributed by atoms with van der Waals surface area (Å²) in [5, 5.41) is 13.4. The Morgan fingerprint density at radius 3 is 2.32 bits per heavy atom. The van der Waals surface area contributed by atoms with Gasteiger partial charge in [0.15, 0.2) is 0 Å². The van der Waals surface area contributed by atoms with Gasteiger partial charge < -0.3 is 10.4 Å². The van der Waals surface area contributed by atoms with Gasteiger partial charge in [-0.3, -0.25) is 0 Å². The highest BCUT2D eigenvalue weighted by Crippen LogP contribution is 2.25. The van der Waals surface area contributed by atoms with Crippen LogP contribution in [0.5, 0.6) is 0 Å². The lowest BCUT2D eigenvalue weighted by Crippen LogP contribution is -2.45. The zero-order valence-corrected chi connectivity index (χ0v) is 12.1. The van der Waals surface area contributed by atoms with Crippen molar-refractivity contribution in [3.05, 3.63) is 35.9 Å². The third-order valence-corrected chi connectivity index (χ3v) is 4.48. The maximum atomic E-state index is 9.76. The molecule has 0 amide bonds. The Bertz CT molecular complexity index is 357. The molecule has 1 unspecified atom stereocenters. The molecule has 0 saturated heterocycles. The number of hydrogen-bond donors (Lipinski definition) is 2. The third kappa shape index (κ3) is 4.05. The summed E-state index contributed by atoms with van der Waals surface area (Å²) in [6.45, 7) is 3.26. The Balaban J connectivity index is 1.94. The molecule has 2 nitrogen and oxygen atoms in total. The van der Waals surface area contributed by atoms with E-state index in [-0.39, 0.29) is 12.1 Å². The zero-order chi connectivity index (χ0) is 13.6. The SMILES string of the molecule is CC(CO)(NCC1CCCCCC1)c1ccccc1. The highest BCUT2D eigenvalue weighted by atomic mass is 16.3. The fourth-order valence-electron chi connectivity index (χ4n) is 2.99. The smallest absolute Gasteiger partial charge is 0.0652 e. The Labute approximate surface area is 117 Å². The summed E-state index contributed by atoms with van der Waals surface area (Å²) >= 11 is 0. The van der Waals surface area contributed by atoms with E-state index in [0.717, 1.165) is 12.5 Å². The van der Waals surface area contributed by atoms with Gasteiger partial charge in [-0.25, -0.2) is 0 Å². The molecular formula is C17H27NO. The first-order chi connectivity index (χ1) is 9.24. The Hall–Kier alpha value is -0.860. The molecule has 1 aromatic rings. The molecule has 2 rings (SSSR count). The molecule has 2 heteroatoms. The van der Waals surface area contributed by atoms with E-state index >= 15 is 0 Å². The summed E-state index contributed by atoms with van der Waals surface area (Å²) in [6, 6.07) is 10.3. The van der Waals surface area contributed by atoms with Gasteiger partial charge in [-0.1, -0.05) is 56.0 Å². The summed E-state index contributed by atoms with van der Waals surface area (Å²) in [7, 11) is 0. The van der Waals surface area contributed by atoms with Crippen molar-refractivity contribution < 1.29 is 5.11 Å². The van der Waals surface area contributed by atoms with Crippen LogP contribution in [0.3, 0.4) is 0 Å². The normalized spacial score (nSPS) is 20.7. The molecule has 0 spiro atoms. The predicted octanol–water partition coefficient (Wildman–Crippen LogP) is 3.45. The number of nitrogens with one attached hydrogen (secondary N) is 1. The van der Waals surface area contributed by atoms with E-state index in [1.54, 1.807) is 0 Å². The standard InChI is InChI=1S/C17H27NO/c1-17(14-19,16-11-7-4-8-12-16)18-13-15-9-5-2-3-6-10-15/h4,7-8,11-12,15,18-19H,2-3,5-6,9-10,13-14H2,1H3. The summed E-state index contributed by atoms with van der Waals surface area (Å²) in [5.41, 5.74) is 0.860. The van der Waals surface area contributed by atoms with Gasteiger partial charge in [-0.2, -0.15) is 0 Å². The largest absolute Gasteiger partial charge is 0.394 e. The monoisotopic (exact) mass is 261 g/mol. The van der Waals surface area contributed by atoms with E-state index in [2.05, 4.69) is 24.4 Å². The molecular weight excluding hydrogens is 234 g/mol. The predicted molar refractivity (Wildman–Crippen MR) is 80.1 cm³/mol. The van der Waals surface area contributed by atoms with Gasteiger partial charge in [0.25, 0.3) is 0 Å². The molecule has 0 radical (unpaired) electrons. The minimum absolute atomic E-state index is 0.143. The molecule has 2 N–H and O–H groups in total. The quantitative estimate of drug-likeness (QED) is 0.796. The zero-order valence-electron chi connectivity index (χ0n) is 12.1. The first kappa shape index (κ1) is 14.5. The molecule has 1 saturated carbocycles. The minimum atomic E-state index is -0.312. The molecule has 0 aliphatic heterocycles. The second-order valence-electron chi connectivity index (χ2n) is 6.09.